The van der Waals surface area contributed by atoms with Crippen molar-refractivity contribution in [2.75, 3.05) is 12.3 Å². The first-order valence-electron chi connectivity index (χ1n) is 7.73. The average Bonchev–Trinajstić information content (AvgIpc) is 2.95. The lowest BCUT2D eigenvalue weighted by atomic mass is 9.89. The highest BCUT2D eigenvalue weighted by Gasteiger charge is 2.15. The van der Waals surface area contributed by atoms with Gasteiger partial charge < -0.3 is 5.32 Å². The van der Waals surface area contributed by atoms with Gasteiger partial charge in [0.1, 0.15) is 0 Å². The van der Waals surface area contributed by atoms with Crippen LogP contribution in [0.1, 0.15) is 32.1 Å². The molecule has 0 saturated heterocycles. The van der Waals surface area contributed by atoms with Gasteiger partial charge in [-0.3, -0.25) is 9.20 Å². The van der Waals surface area contributed by atoms with Crippen LogP contribution in [0.5, 0.6) is 0 Å². The molecule has 1 fully saturated rings. The van der Waals surface area contributed by atoms with Crippen molar-refractivity contribution in [3.8, 4) is 0 Å². The number of hydrogen-bond acceptors (Lipinski definition) is 4. The maximum atomic E-state index is 12.0. The Bertz CT molecular complexity index is 700. The third-order valence-electron chi connectivity index (χ3n) is 4.04. The summed E-state index contributed by atoms with van der Waals surface area (Å²) in [6, 6.07) is 1.62. The largest absolute Gasteiger partial charge is 0.355 e. The van der Waals surface area contributed by atoms with Crippen molar-refractivity contribution in [1.29, 1.82) is 0 Å². The molecular weight excluding hydrogens is 355 g/mol. The predicted octanol–water partition coefficient (Wildman–Crippen LogP) is 3.82. The fourth-order valence-corrected chi connectivity index (χ4v) is 4.08. The Kier molecular flexibility index (Phi) is 5.67. The van der Waals surface area contributed by atoms with Crippen LogP contribution in [0.2, 0.25) is 10.0 Å². The van der Waals surface area contributed by atoms with Gasteiger partial charge in [-0.1, -0.05) is 54.2 Å². The number of thioether (sulfide) groups is 1. The molecule has 124 valence electrons. The minimum absolute atomic E-state index is 0.0189. The van der Waals surface area contributed by atoms with Crippen molar-refractivity contribution in [3.63, 3.8) is 0 Å². The molecule has 0 bridgehead atoms. The second-order valence-electron chi connectivity index (χ2n) is 5.78. The maximum absolute atomic E-state index is 12.0. The van der Waals surface area contributed by atoms with E-state index in [1.54, 1.807) is 16.7 Å². The smallest absolute Gasteiger partial charge is 0.230 e. The van der Waals surface area contributed by atoms with Crippen molar-refractivity contribution >= 4 is 46.5 Å². The summed E-state index contributed by atoms with van der Waals surface area (Å²) in [4.78, 5) is 12.0. The van der Waals surface area contributed by atoms with Gasteiger partial charge >= 0.3 is 0 Å². The lowest BCUT2D eigenvalue weighted by Crippen LogP contribution is -2.31. The molecule has 1 aliphatic rings. The van der Waals surface area contributed by atoms with E-state index in [0.29, 0.717) is 32.5 Å². The molecule has 1 saturated carbocycles. The van der Waals surface area contributed by atoms with Crippen LogP contribution in [-0.4, -0.2) is 32.8 Å². The second-order valence-corrected chi connectivity index (χ2v) is 7.57. The van der Waals surface area contributed by atoms with Gasteiger partial charge in [-0.15, -0.1) is 10.2 Å². The number of amides is 1. The van der Waals surface area contributed by atoms with E-state index in [0.717, 1.165) is 6.54 Å². The molecule has 0 spiro atoms. The Balaban J connectivity index is 1.54. The molecule has 2 aromatic heterocycles. The summed E-state index contributed by atoms with van der Waals surface area (Å²) in [6.45, 7) is 0.775. The summed E-state index contributed by atoms with van der Waals surface area (Å²) in [7, 11) is 0. The van der Waals surface area contributed by atoms with E-state index in [4.69, 9.17) is 23.2 Å². The van der Waals surface area contributed by atoms with Crippen LogP contribution in [0.3, 0.4) is 0 Å². The van der Waals surface area contributed by atoms with E-state index in [2.05, 4.69) is 15.5 Å². The Morgan fingerprint density at radius 2 is 2.09 bits per heavy atom. The highest BCUT2D eigenvalue weighted by atomic mass is 35.5. The van der Waals surface area contributed by atoms with Crippen LogP contribution in [0.25, 0.3) is 5.65 Å². The minimum Gasteiger partial charge on any atom is -0.355 e. The predicted molar refractivity (Wildman–Crippen MR) is 93.3 cm³/mol. The summed E-state index contributed by atoms with van der Waals surface area (Å²) in [5.74, 6) is 0.951. The molecule has 23 heavy (non-hydrogen) atoms. The van der Waals surface area contributed by atoms with E-state index < -0.39 is 0 Å². The summed E-state index contributed by atoms with van der Waals surface area (Å²) >= 11 is 13.4. The average molecular weight is 373 g/mol. The number of pyridine rings is 1. The van der Waals surface area contributed by atoms with E-state index in [9.17, 15) is 4.79 Å². The van der Waals surface area contributed by atoms with E-state index in [-0.39, 0.29) is 5.91 Å². The summed E-state index contributed by atoms with van der Waals surface area (Å²) in [6.07, 6.45) is 8.03. The Morgan fingerprint density at radius 1 is 1.30 bits per heavy atom. The van der Waals surface area contributed by atoms with E-state index >= 15 is 0 Å². The lowest BCUT2D eigenvalue weighted by Gasteiger charge is -2.21. The van der Waals surface area contributed by atoms with Crippen LogP contribution in [0.15, 0.2) is 17.4 Å². The minimum atomic E-state index is 0.0189. The van der Waals surface area contributed by atoms with Gasteiger partial charge in [-0.05, 0) is 24.8 Å². The second kappa shape index (κ2) is 7.73. The van der Waals surface area contributed by atoms with Crippen LogP contribution < -0.4 is 5.32 Å². The SMILES string of the molecule is O=C(CSc1nnc2c(Cl)cc(Cl)cn12)NCC1CCCCC1. The number of hydrogen-bond donors (Lipinski definition) is 1. The first kappa shape index (κ1) is 16.9. The molecule has 1 aliphatic carbocycles. The fraction of sp³-hybridized carbons (Fsp3) is 0.533. The van der Waals surface area contributed by atoms with Gasteiger partial charge in [0.25, 0.3) is 0 Å². The molecule has 1 N–H and O–H groups in total. The van der Waals surface area contributed by atoms with Gasteiger partial charge in [0.2, 0.25) is 5.91 Å². The number of nitrogens with one attached hydrogen (secondary N) is 1. The standard InChI is InChI=1S/C15H18Cl2N4OS/c16-11-6-12(17)14-19-20-15(21(14)8-11)23-9-13(22)18-7-10-4-2-1-3-5-10/h6,8,10H,1-5,7,9H2,(H,18,22). The number of halogens is 2. The molecule has 0 unspecified atom stereocenters. The van der Waals surface area contributed by atoms with Crippen molar-refractivity contribution in [2.45, 2.75) is 37.3 Å². The van der Waals surface area contributed by atoms with Crippen molar-refractivity contribution in [3.05, 3.63) is 22.3 Å². The Morgan fingerprint density at radius 3 is 2.87 bits per heavy atom. The highest BCUT2D eigenvalue weighted by molar-refractivity contribution is 7.99. The monoisotopic (exact) mass is 372 g/mol. The molecule has 2 heterocycles. The van der Waals surface area contributed by atoms with Gasteiger partial charge in [0, 0.05) is 12.7 Å². The third-order valence-corrected chi connectivity index (χ3v) is 5.47. The molecule has 0 radical (unpaired) electrons. The molecule has 3 rings (SSSR count). The number of carbonyl (C=O) groups excluding carboxylic acids is 1. The van der Waals surface area contributed by atoms with Crippen LogP contribution in [-0.2, 0) is 4.79 Å². The number of nitrogens with zero attached hydrogens (tertiary/aromatic N) is 3. The molecule has 2 aromatic rings. The maximum Gasteiger partial charge on any atom is 0.230 e. The Hall–Kier alpha value is -0.980. The van der Waals surface area contributed by atoms with Crippen LogP contribution in [0.4, 0.5) is 0 Å². The normalized spacial score (nSPS) is 15.9. The highest BCUT2D eigenvalue weighted by Crippen LogP contribution is 2.25. The van der Waals surface area contributed by atoms with Gasteiger partial charge in [0.15, 0.2) is 10.8 Å². The molecule has 8 heteroatoms. The third kappa shape index (κ3) is 4.31. The summed E-state index contributed by atoms with van der Waals surface area (Å²) in [5, 5.41) is 12.7. The van der Waals surface area contributed by atoms with Gasteiger partial charge in [0.05, 0.1) is 15.8 Å². The number of aromatic nitrogens is 3. The van der Waals surface area contributed by atoms with Gasteiger partial charge in [-0.25, -0.2) is 0 Å². The lowest BCUT2D eigenvalue weighted by molar-refractivity contribution is -0.118. The van der Waals surface area contributed by atoms with Crippen LogP contribution in [0, 0.1) is 5.92 Å². The fourth-order valence-electron chi connectivity index (χ4n) is 2.83. The molecule has 0 aliphatic heterocycles. The van der Waals surface area contributed by atoms with Crippen LogP contribution >= 0.6 is 35.0 Å². The number of carbonyl (C=O) groups is 1. The quantitative estimate of drug-likeness (QED) is 0.810. The molecule has 0 atom stereocenters. The van der Waals surface area contributed by atoms with Crippen molar-refractivity contribution < 1.29 is 4.79 Å². The van der Waals surface area contributed by atoms with E-state index in [1.807, 2.05) is 0 Å². The van der Waals surface area contributed by atoms with Crippen molar-refractivity contribution in [2.24, 2.45) is 5.92 Å². The molecule has 5 nitrogen and oxygen atoms in total. The van der Waals surface area contributed by atoms with E-state index in [1.165, 1.54) is 43.9 Å². The number of rotatable bonds is 5. The first-order chi connectivity index (χ1) is 11.1. The zero-order valence-electron chi connectivity index (χ0n) is 12.6. The first-order valence-corrected chi connectivity index (χ1v) is 9.47. The molecular formula is C15H18Cl2N4OS. The molecule has 0 aromatic carbocycles. The zero-order chi connectivity index (χ0) is 16.2. The van der Waals surface area contributed by atoms with Gasteiger partial charge in [-0.2, -0.15) is 0 Å². The summed E-state index contributed by atoms with van der Waals surface area (Å²) in [5.41, 5.74) is 0.543. The molecule has 1 amide bonds. The topological polar surface area (TPSA) is 59.3 Å². The zero-order valence-corrected chi connectivity index (χ0v) is 14.9. The summed E-state index contributed by atoms with van der Waals surface area (Å²) < 4.78 is 1.71. The van der Waals surface area contributed by atoms with Crippen molar-refractivity contribution in [1.82, 2.24) is 19.9 Å². The number of fused-ring (bicyclic) bond motifs is 1. The Labute approximate surface area is 149 Å².